The summed E-state index contributed by atoms with van der Waals surface area (Å²) >= 11 is 0. The zero-order valence-corrected chi connectivity index (χ0v) is 14.1. The van der Waals surface area contributed by atoms with E-state index in [4.69, 9.17) is 0 Å². The Morgan fingerprint density at radius 2 is 1.83 bits per heavy atom. The van der Waals surface area contributed by atoms with Crippen LogP contribution in [0.1, 0.15) is 44.9 Å². The average molecular weight is 324 g/mol. The fourth-order valence-corrected chi connectivity index (χ4v) is 3.58. The Labute approximate surface area is 144 Å². The molecule has 0 N–H and O–H groups in total. The number of allylic oxidation sites excluding steroid dienone is 1. The van der Waals surface area contributed by atoms with Gasteiger partial charge in [-0.1, -0.05) is 56.9 Å². The molecule has 0 amide bonds. The van der Waals surface area contributed by atoms with E-state index in [0.29, 0.717) is 0 Å². The smallest absolute Gasteiger partial charge is 0.214 e. The van der Waals surface area contributed by atoms with Gasteiger partial charge in [-0.3, -0.25) is 0 Å². The molecule has 1 aliphatic carbocycles. The number of pyridine rings is 1. The van der Waals surface area contributed by atoms with Gasteiger partial charge in [0.2, 0.25) is 5.95 Å². The molecule has 1 saturated carbocycles. The number of anilines is 2. The number of halogens is 1. The third-order valence-electron chi connectivity index (χ3n) is 4.86. The number of nitrogens with zero attached hydrogens (tertiary/aromatic N) is 2. The van der Waals surface area contributed by atoms with Gasteiger partial charge in [-0.25, -0.2) is 4.98 Å². The lowest BCUT2D eigenvalue weighted by atomic mass is 9.86. The van der Waals surface area contributed by atoms with E-state index in [2.05, 4.69) is 11.6 Å². The third-order valence-corrected chi connectivity index (χ3v) is 4.86. The van der Waals surface area contributed by atoms with E-state index < -0.39 is 5.95 Å². The molecule has 0 bridgehead atoms. The molecule has 1 aromatic carbocycles. The lowest BCUT2D eigenvalue weighted by Gasteiger charge is -2.29. The zero-order valence-electron chi connectivity index (χ0n) is 14.1. The van der Waals surface area contributed by atoms with E-state index >= 15 is 0 Å². The van der Waals surface area contributed by atoms with Crippen molar-refractivity contribution in [1.29, 1.82) is 0 Å². The molecule has 3 heteroatoms. The molecule has 24 heavy (non-hydrogen) atoms. The molecule has 1 fully saturated rings. The molecule has 1 aliphatic rings. The number of hydrogen-bond acceptors (Lipinski definition) is 2. The molecular weight excluding hydrogens is 299 g/mol. The molecule has 126 valence electrons. The summed E-state index contributed by atoms with van der Waals surface area (Å²) in [6.45, 7) is 4.30. The highest BCUT2D eigenvalue weighted by molar-refractivity contribution is 5.67. The Hall–Kier alpha value is -2.16. The summed E-state index contributed by atoms with van der Waals surface area (Å²) in [6.07, 6.45) is 10.4. The van der Waals surface area contributed by atoms with Gasteiger partial charge in [0.05, 0.1) is 5.69 Å². The molecule has 0 saturated heterocycles. The Morgan fingerprint density at radius 3 is 2.54 bits per heavy atom. The van der Waals surface area contributed by atoms with Crippen molar-refractivity contribution in [1.82, 2.24) is 4.98 Å². The Balaban J connectivity index is 1.77. The van der Waals surface area contributed by atoms with Crippen LogP contribution in [-0.2, 0) is 0 Å². The van der Waals surface area contributed by atoms with Crippen LogP contribution >= 0.6 is 0 Å². The first-order chi connectivity index (χ1) is 11.7. The van der Waals surface area contributed by atoms with E-state index in [0.717, 1.165) is 35.8 Å². The maximum absolute atomic E-state index is 13.6. The Kier molecular flexibility index (Phi) is 5.63. The highest BCUT2D eigenvalue weighted by atomic mass is 19.1. The maximum atomic E-state index is 13.6. The van der Waals surface area contributed by atoms with E-state index in [1.807, 2.05) is 41.3 Å². The van der Waals surface area contributed by atoms with Gasteiger partial charge in [-0.2, -0.15) is 4.39 Å². The standard InChI is InChI=1S/C21H25FN2/c1-17(12-13-18-8-4-2-5-9-18)24(19-10-6-3-7-11-19)20-14-15-23-21(22)16-20/h3,6-7,10-11,14-16,18H,1-2,4-5,8-9,12-13H2. The lowest BCUT2D eigenvalue weighted by Crippen LogP contribution is -2.17. The second kappa shape index (κ2) is 8.09. The van der Waals surface area contributed by atoms with Crippen LogP contribution in [0.4, 0.5) is 15.8 Å². The second-order valence-electron chi connectivity index (χ2n) is 6.62. The van der Waals surface area contributed by atoms with Crippen LogP contribution in [-0.4, -0.2) is 4.98 Å². The minimum atomic E-state index is -0.464. The Morgan fingerprint density at radius 1 is 1.08 bits per heavy atom. The van der Waals surface area contributed by atoms with Crippen molar-refractivity contribution in [2.75, 3.05) is 4.90 Å². The minimum Gasteiger partial charge on any atom is -0.315 e. The summed E-state index contributed by atoms with van der Waals surface area (Å²) in [6, 6.07) is 13.3. The summed E-state index contributed by atoms with van der Waals surface area (Å²) in [5, 5.41) is 0. The van der Waals surface area contributed by atoms with E-state index in [1.54, 1.807) is 0 Å². The molecule has 0 unspecified atom stereocenters. The first-order valence-corrected chi connectivity index (χ1v) is 8.88. The van der Waals surface area contributed by atoms with Gasteiger partial charge in [-0.05, 0) is 37.0 Å². The van der Waals surface area contributed by atoms with Crippen molar-refractivity contribution < 1.29 is 4.39 Å². The number of aromatic nitrogens is 1. The summed E-state index contributed by atoms with van der Waals surface area (Å²) in [7, 11) is 0. The van der Waals surface area contributed by atoms with Gasteiger partial charge in [0.25, 0.3) is 0 Å². The molecule has 2 aromatic rings. The van der Waals surface area contributed by atoms with Crippen LogP contribution in [0.25, 0.3) is 0 Å². The maximum Gasteiger partial charge on any atom is 0.214 e. The van der Waals surface area contributed by atoms with Crippen LogP contribution < -0.4 is 4.90 Å². The van der Waals surface area contributed by atoms with Gasteiger partial charge < -0.3 is 4.90 Å². The van der Waals surface area contributed by atoms with Crippen molar-refractivity contribution in [2.24, 2.45) is 5.92 Å². The molecule has 2 nitrogen and oxygen atoms in total. The van der Waals surface area contributed by atoms with Gasteiger partial charge >= 0.3 is 0 Å². The first-order valence-electron chi connectivity index (χ1n) is 8.88. The minimum absolute atomic E-state index is 0.464. The SMILES string of the molecule is C=C(CCC1CCCCC1)N(c1ccccc1)c1ccnc(F)c1. The number of benzene rings is 1. The summed E-state index contributed by atoms with van der Waals surface area (Å²) in [4.78, 5) is 5.72. The molecule has 0 aliphatic heterocycles. The number of para-hydroxylation sites is 1. The fraction of sp³-hybridized carbons (Fsp3) is 0.381. The third kappa shape index (κ3) is 4.22. The largest absolute Gasteiger partial charge is 0.315 e. The Bertz CT molecular complexity index is 663. The fourth-order valence-electron chi connectivity index (χ4n) is 3.58. The highest BCUT2D eigenvalue weighted by Crippen LogP contribution is 2.33. The molecular formula is C21H25FN2. The molecule has 3 rings (SSSR count). The van der Waals surface area contributed by atoms with Gasteiger partial charge in [0.15, 0.2) is 0 Å². The van der Waals surface area contributed by atoms with Gasteiger partial charge in [0, 0.05) is 23.6 Å². The van der Waals surface area contributed by atoms with Crippen LogP contribution in [0.2, 0.25) is 0 Å². The quantitative estimate of drug-likeness (QED) is 0.585. The highest BCUT2D eigenvalue weighted by Gasteiger charge is 2.17. The van der Waals surface area contributed by atoms with E-state index in [-0.39, 0.29) is 0 Å². The van der Waals surface area contributed by atoms with Crippen LogP contribution in [0, 0.1) is 11.9 Å². The second-order valence-corrected chi connectivity index (χ2v) is 6.62. The predicted octanol–water partition coefficient (Wildman–Crippen LogP) is 6.23. The zero-order chi connectivity index (χ0) is 16.8. The number of rotatable bonds is 6. The summed E-state index contributed by atoms with van der Waals surface area (Å²) in [5.74, 6) is 0.343. The average Bonchev–Trinajstić information content (AvgIpc) is 2.62. The lowest BCUT2D eigenvalue weighted by molar-refractivity contribution is 0.339. The molecule has 1 aromatic heterocycles. The van der Waals surface area contributed by atoms with Crippen molar-refractivity contribution in [2.45, 2.75) is 44.9 Å². The molecule has 0 spiro atoms. The first kappa shape index (κ1) is 16.7. The van der Waals surface area contributed by atoms with Crippen molar-refractivity contribution in [3.05, 3.63) is 66.9 Å². The normalized spacial score (nSPS) is 15.2. The van der Waals surface area contributed by atoms with Crippen molar-refractivity contribution in [3.8, 4) is 0 Å². The van der Waals surface area contributed by atoms with Crippen LogP contribution in [0.15, 0.2) is 60.9 Å². The molecule has 0 radical (unpaired) electrons. The van der Waals surface area contributed by atoms with Crippen LogP contribution in [0.5, 0.6) is 0 Å². The predicted molar refractivity (Wildman–Crippen MR) is 97.7 cm³/mol. The molecule has 1 heterocycles. The van der Waals surface area contributed by atoms with E-state index in [9.17, 15) is 4.39 Å². The number of hydrogen-bond donors (Lipinski definition) is 0. The summed E-state index contributed by atoms with van der Waals surface area (Å²) < 4.78 is 13.6. The molecule has 0 atom stereocenters. The summed E-state index contributed by atoms with van der Waals surface area (Å²) in [5.41, 5.74) is 2.80. The van der Waals surface area contributed by atoms with Crippen molar-refractivity contribution in [3.63, 3.8) is 0 Å². The monoisotopic (exact) mass is 324 g/mol. The van der Waals surface area contributed by atoms with E-state index in [1.165, 1.54) is 44.4 Å². The van der Waals surface area contributed by atoms with Gasteiger partial charge in [-0.15, -0.1) is 0 Å². The van der Waals surface area contributed by atoms with Crippen molar-refractivity contribution >= 4 is 11.4 Å². The van der Waals surface area contributed by atoms with Gasteiger partial charge in [0.1, 0.15) is 0 Å². The topological polar surface area (TPSA) is 16.1 Å². The van der Waals surface area contributed by atoms with Crippen LogP contribution in [0.3, 0.4) is 0 Å².